The highest BCUT2D eigenvalue weighted by molar-refractivity contribution is 5.95. The maximum atomic E-state index is 12.8. The predicted octanol–water partition coefficient (Wildman–Crippen LogP) is 3.77. The number of rotatable bonds is 10. The third-order valence-electron chi connectivity index (χ3n) is 4.66. The van der Waals surface area contributed by atoms with Crippen LogP contribution < -0.4 is 15.4 Å². The molecule has 1 atom stereocenters. The number of furan rings is 1. The summed E-state index contributed by atoms with van der Waals surface area (Å²) in [5.41, 5.74) is 2.05. The van der Waals surface area contributed by atoms with E-state index >= 15 is 0 Å². The van der Waals surface area contributed by atoms with Crippen molar-refractivity contribution in [3.63, 3.8) is 0 Å². The van der Waals surface area contributed by atoms with Crippen LogP contribution >= 0.6 is 0 Å². The number of benzene rings is 2. The van der Waals surface area contributed by atoms with Crippen molar-refractivity contribution in [3.8, 4) is 5.75 Å². The Balaban J connectivity index is 1.57. The number of hydrogen-bond acceptors (Lipinski definition) is 4. The second-order valence-electron chi connectivity index (χ2n) is 7.54. The largest absolute Gasteiger partial charge is 0.491 e. The lowest BCUT2D eigenvalue weighted by Crippen LogP contribution is -2.48. The molecule has 2 N–H and O–H groups in total. The molecule has 0 aliphatic rings. The molecular formula is C25H28N2O4. The van der Waals surface area contributed by atoms with Crippen molar-refractivity contribution in [1.29, 1.82) is 0 Å². The molecule has 2 aromatic carbocycles. The van der Waals surface area contributed by atoms with Gasteiger partial charge in [0, 0.05) is 13.0 Å². The normalized spacial score (nSPS) is 11.7. The van der Waals surface area contributed by atoms with Gasteiger partial charge in [0.25, 0.3) is 5.91 Å². The van der Waals surface area contributed by atoms with Gasteiger partial charge in [-0.05, 0) is 55.7 Å². The molecule has 3 aromatic rings. The molecule has 1 heterocycles. The van der Waals surface area contributed by atoms with E-state index in [0.717, 1.165) is 16.9 Å². The van der Waals surface area contributed by atoms with Gasteiger partial charge >= 0.3 is 0 Å². The van der Waals surface area contributed by atoms with E-state index in [1.165, 1.54) is 6.26 Å². The minimum absolute atomic E-state index is 0.128. The zero-order valence-corrected chi connectivity index (χ0v) is 17.8. The van der Waals surface area contributed by atoms with Gasteiger partial charge in [-0.1, -0.05) is 42.5 Å². The number of amides is 2. The minimum Gasteiger partial charge on any atom is -0.491 e. The van der Waals surface area contributed by atoms with Gasteiger partial charge in [-0.3, -0.25) is 9.59 Å². The highest BCUT2D eigenvalue weighted by Gasteiger charge is 2.22. The standard InChI is InChI=1S/C25H28N2O4/c1-18(2)31-21-12-10-19(11-13-21)14-15-26-24(28)22(17-20-7-4-3-5-8-20)27-25(29)23-9-6-16-30-23/h3-13,16,18,22H,14-15,17H2,1-2H3,(H,26,28)(H,27,29). The second-order valence-corrected chi connectivity index (χ2v) is 7.54. The lowest BCUT2D eigenvalue weighted by molar-refractivity contribution is -0.122. The molecule has 0 radical (unpaired) electrons. The van der Waals surface area contributed by atoms with Crippen LogP contribution in [-0.2, 0) is 17.6 Å². The molecule has 1 unspecified atom stereocenters. The topological polar surface area (TPSA) is 80.6 Å². The molecule has 0 aliphatic heterocycles. The fraction of sp³-hybridized carbons (Fsp3) is 0.280. The Morgan fingerprint density at radius 1 is 0.935 bits per heavy atom. The van der Waals surface area contributed by atoms with Gasteiger partial charge in [0.15, 0.2) is 5.76 Å². The highest BCUT2D eigenvalue weighted by atomic mass is 16.5. The van der Waals surface area contributed by atoms with Crippen LogP contribution in [0.15, 0.2) is 77.4 Å². The van der Waals surface area contributed by atoms with Gasteiger partial charge in [-0.2, -0.15) is 0 Å². The number of carbonyl (C=O) groups excluding carboxylic acids is 2. The summed E-state index contributed by atoms with van der Waals surface area (Å²) in [6, 6.07) is 19.9. The van der Waals surface area contributed by atoms with E-state index in [4.69, 9.17) is 9.15 Å². The zero-order chi connectivity index (χ0) is 22.1. The first-order chi connectivity index (χ1) is 15.0. The Morgan fingerprint density at radius 2 is 1.68 bits per heavy atom. The van der Waals surface area contributed by atoms with Gasteiger partial charge < -0.3 is 19.8 Å². The first-order valence-corrected chi connectivity index (χ1v) is 10.4. The Bertz CT molecular complexity index is 951. The Hall–Kier alpha value is -3.54. The van der Waals surface area contributed by atoms with Crippen molar-refractivity contribution in [1.82, 2.24) is 10.6 Å². The first-order valence-electron chi connectivity index (χ1n) is 10.4. The van der Waals surface area contributed by atoms with Gasteiger partial charge in [0.05, 0.1) is 12.4 Å². The minimum atomic E-state index is -0.707. The van der Waals surface area contributed by atoms with Crippen LogP contribution in [0.25, 0.3) is 0 Å². The molecule has 6 heteroatoms. The Labute approximate surface area is 182 Å². The molecular weight excluding hydrogens is 392 g/mol. The van der Waals surface area contributed by atoms with E-state index in [1.807, 2.05) is 68.4 Å². The van der Waals surface area contributed by atoms with E-state index in [9.17, 15) is 9.59 Å². The quantitative estimate of drug-likeness (QED) is 0.523. The van der Waals surface area contributed by atoms with Crippen LogP contribution in [0.4, 0.5) is 0 Å². The lowest BCUT2D eigenvalue weighted by Gasteiger charge is -2.18. The zero-order valence-electron chi connectivity index (χ0n) is 17.8. The third-order valence-corrected chi connectivity index (χ3v) is 4.66. The van der Waals surface area contributed by atoms with Gasteiger partial charge in [0.1, 0.15) is 11.8 Å². The molecule has 0 aliphatic carbocycles. The fourth-order valence-electron chi connectivity index (χ4n) is 3.16. The molecule has 0 spiro atoms. The van der Waals surface area contributed by atoms with E-state index in [0.29, 0.717) is 19.4 Å². The number of ether oxygens (including phenoxy) is 1. The van der Waals surface area contributed by atoms with E-state index in [2.05, 4.69) is 10.6 Å². The Kier molecular flexibility index (Phi) is 7.87. The van der Waals surface area contributed by atoms with Crippen molar-refractivity contribution >= 4 is 11.8 Å². The monoisotopic (exact) mass is 420 g/mol. The summed E-state index contributed by atoms with van der Waals surface area (Å²) >= 11 is 0. The maximum Gasteiger partial charge on any atom is 0.287 e. The summed E-state index contributed by atoms with van der Waals surface area (Å²) in [6.45, 7) is 4.44. The summed E-state index contributed by atoms with van der Waals surface area (Å²) in [5, 5.41) is 5.71. The van der Waals surface area contributed by atoms with Crippen LogP contribution in [0, 0.1) is 0 Å². The molecule has 0 saturated carbocycles. The van der Waals surface area contributed by atoms with E-state index in [1.54, 1.807) is 12.1 Å². The highest BCUT2D eigenvalue weighted by Crippen LogP contribution is 2.14. The van der Waals surface area contributed by atoms with Crippen molar-refractivity contribution in [3.05, 3.63) is 89.9 Å². The average molecular weight is 421 g/mol. The molecule has 1 aromatic heterocycles. The van der Waals surface area contributed by atoms with Gasteiger partial charge in [-0.25, -0.2) is 0 Å². The molecule has 0 saturated heterocycles. The maximum absolute atomic E-state index is 12.8. The van der Waals surface area contributed by atoms with Crippen molar-refractivity contribution in [2.45, 2.75) is 38.8 Å². The second kappa shape index (κ2) is 11.0. The summed E-state index contributed by atoms with van der Waals surface area (Å²) in [5.74, 6) is 0.353. The molecule has 3 rings (SSSR count). The molecule has 31 heavy (non-hydrogen) atoms. The molecule has 2 amide bonds. The number of hydrogen-bond donors (Lipinski definition) is 2. The molecule has 0 bridgehead atoms. The van der Waals surface area contributed by atoms with Gasteiger partial charge in [-0.15, -0.1) is 0 Å². The summed E-state index contributed by atoms with van der Waals surface area (Å²) in [7, 11) is 0. The van der Waals surface area contributed by atoms with E-state index < -0.39 is 11.9 Å². The Morgan fingerprint density at radius 3 is 2.32 bits per heavy atom. The van der Waals surface area contributed by atoms with Crippen LogP contribution in [0.2, 0.25) is 0 Å². The van der Waals surface area contributed by atoms with Crippen LogP contribution in [0.5, 0.6) is 5.75 Å². The molecule has 0 fully saturated rings. The van der Waals surface area contributed by atoms with Crippen LogP contribution in [0.1, 0.15) is 35.5 Å². The van der Waals surface area contributed by atoms with Crippen molar-refractivity contribution in [2.24, 2.45) is 0 Å². The summed E-state index contributed by atoms with van der Waals surface area (Å²) in [6.07, 6.45) is 2.62. The third kappa shape index (κ3) is 7.03. The summed E-state index contributed by atoms with van der Waals surface area (Å²) < 4.78 is 10.8. The predicted molar refractivity (Wildman–Crippen MR) is 119 cm³/mol. The lowest BCUT2D eigenvalue weighted by atomic mass is 10.0. The number of carbonyl (C=O) groups is 2. The first kappa shape index (κ1) is 22.2. The van der Waals surface area contributed by atoms with Crippen molar-refractivity contribution in [2.75, 3.05) is 6.54 Å². The molecule has 162 valence electrons. The summed E-state index contributed by atoms with van der Waals surface area (Å²) in [4.78, 5) is 25.3. The van der Waals surface area contributed by atoms with Crippen LogP contribution in [0.3, 0.4) is 0 Å². The molecule has 6 nitrogen and oxygen atoms in total. The SMILES string of the molecule is CC(C)Oc1ccc(CCNC(=O)C(Cc2ccccc2)NC(=O)c2ccco2)cc1. The average Bonchev–Trinajstić information content (AvgIpc) is 3.30. The van der Waals surface area contributed by atoms with Crippen LogP contribution in [-0.4, -0.2) is 30.5 Å². The van der Waals surface area contributed by atoms with E-state index in [-0.39, 0.29) is 17.8 Å². The van der Waals surface area contributed by atoms with Crippen molar-refractivity contribution < 1.29 is 18.7 Å². The fourth-order valence-corrected chi connectivity index (χ4v) is 3.16. The number of nitrogens with one attached hydrogen (secondary N) is 2. The van der Waals surface area contributed by atoms with Gasteiger partial charge in [0.2, 0.25) is 5.91 Å². The smallest absolute Gasteiger partial charge is 0.287 e.